The summed E-state index contributed by atoms with van der Waals surface area (Å²) in [6.45, 7) is 2.05. The fourth-order valence-electron chi connectivity index (χ4n) is 4.09. The zero-order valence-electron chi connectivity index (χ0n) is 16.8. The monoisotopic (exact) mass is 405 g/mol. The van der Waals surface area contributed by atoms with Crippen LogP contribution in [0.25, 0.3) is 11.3 Å². The van der Waals surface area contributed by atoms with Crippen LogP contribution in [0.2, 0.25) is 0 Å². The summed E-state index contributed by atoms with van der Waals surface area (Å²) < 4.78 is 14.1. The van der Waals surface area contributed by atoms with Crippen LogP contribution in [0.15, 0.2) is 60.9 Å². The standard InChI is InChI=1S/C24H24FN3O2/c1-15-13-16(9-10-23(15)29)17-11-12-26-14-22(17)28-24(30)21-8-4-7-20(27-21)18-5-2-3-6-19(18)25/h2-8,11-12,14-16,23,29H,9-10,13H2,1H3,(H,28,30). The Hall–Kier alpha value is -3.12. The number of carbonyl (C=O) groups is 1. The molecule has 2 heterocycles. The first-order valence-corrected chi connectivity index (χ1v) is 10.2. The molecule has 0 aliphatic heterocycles. The molecule has 2 aromatic heterocycles. The molecule has 3 aromatic rings. The number of anilines is 1. The summed E-state index contributed by atoms with van der Waals surface area (Å²) in [7, 11) is 0. The zero-order valence-corrected chi connectivity index (χ0v) is 16.8. The summed E-state index contributed by atoms with van der Waals surface area (Å²) >= 11 is 0. The minimum absolute atomic E-state index is 0.206. The number of aromatic nitrogens is 2. The molecule has 2 N–H and O–H groups in total. The van der Waals surface area contributed by atoms with E-state index in [2.05, 4.69) is 22.2 Å². The van der Waals surface area contributed by atoms with E-state index in [9.17, 15) is 14.3 Å². The Labute approximate surface area is 175 Å². The number of amides is 1. The lowest BCUT2D eigenvalue weighted by molar-refractivity contribution is 0.0712. The van der Waals surface area contributed by atoms with Crippen LogP contribution in [0.1, 0.15) is 48.2 Å². The first kappa shape index (κ1) is 20.2. The summed E-state index contributed by atoms with van der Waals surface area (Å²) in [5, 5.41) is 13.0. The van der Waals surface area contributed by atoms with Gasteiger partial charge in [-0.25, -0.2) is 9.37 Å². The molecular formula is C24H24FN3O2. The van der Waals surface area contributed by atoms with Crippen LogP contribution in [-0.4, -0.2) is 27.1 Å². The molecule has 6 heteroatoms. The molecule has 154 valence electrons. The quantitative estimate of drug-likeness (QED) is 0.654. The summed E-state index contributed by atoms with van der Waals surface area (Å²) in [6.07, 6.45) is 5.55. The molecule has 0 radical (unpaired) electrons. The minimum atomic E-state index is -0.384. The second-order valence-electron chi connectivity index (χ2n) is 7.86. The Bertz CT molecular complexity index is 1060. The van der Waals surface area contributed by atoms with Gasteiger partial charge in [-0.3, -0.25) is 9.78 Å². The third-order valence-corrected chi connectivity index (χ3v) is 5.80. The maximum Gasteiger partial charge on any atom is 0.274 e. The number of rotatable bonds is 4. The molecule has 1 fully saturated rings. The predicted molar refractivity (Wildman–Crippen MR) is 114 cm³/mol. The van der Waals surface area contributed by atoms with Gasteiger partial charge in [0.05, 0.1) is 23.7 Å². The molecule has 0 spiro atoms. The lowest BCUT2D eigenvalue weighted by Crippen LogP contribution is -2.26. The van der Waals surface area contributed by atoms with Crippen molar-refractivity contribution in [3.05, 3.63) is 78.0 Å². The van der Waals surface area contributed by atoms with Gasteiger partial charge < -0.3 is 10.4 Å². The average molecular weight is 405 g/mol. The maximum atomic E-state index is 14.1. The Morgan fingerprint density at radius 3 is 2.77 bits per heavy atom. The Morgan fingerprint density at radius 1 is 1.13 bits per heavy atom. The zero-order chi connectivity index (χ0) is 21.1. The highest BCUT2D eigenvalue weighted by Gasteiger charge is 2.28. The van der Waals surface area contributed by atoms with E-state index >= 15 is 0 Å². The highest BCUT2D eigenvalue weighted by atomic mass is 19.1. The van der Waals surface area contributed by atoms with Crippen molar-refractivity contribution in [2.75, 3.05) is 5.32 Å². The molecule has 1 aliphatic carbocycles. The average Bonchev–Trinajstić information content (AvgIpc) is 2.76. The van der Waals surface area contributed by atoms with Crippen molar-refractivity contribution < 1.29 is 14.3 Å². The lowest BCUT2D eigenvalue weighted by Gasteiger charge is -2.32. The van der Waals surface area contributed by atoms with E-state index in [0.717, 1.165) is 24.8 Å². The number of carbonyl (C=O) groups excluding carboxylic acids is 1. The van der Waals surface area contributed by atoms with E-state index in [1.807, 2.05) is 6.07 Å². The third-order valence-electron chi connectivity index (χ3n) is 5.80. The molecule has 5 nitrogen and oxygen atoms in total. The topological polar surface area (TPSA) is 75.1 Å². The van der Waals surface area contributed by atoms with Gasteiger partial charge in [-0.2, -0.15) is 0 Å². The maximum absolute atomic E-state index is 14.1. The van der Waals surface area contributed by atoms with E-state index in [1.54, 1.807) is 48.8 Å². The van der Waals surface area contributed by atoms with Crippen LogP contribution in [0.4, 0.5) is 10.1 Å². The van der Waals surface area contributed by atoms with Gasteiger partial charge in [0.2, 0.25) is 0 Å². The second-order valence-corrected chi connectivity index (χ2v) is 7.86. The lowest BCUT2D eigenvalue weighted by atomic mass is 9.77. The predicted octanol–water partition coefficient (Wildman–Crippen LogP) is 4.80. The number of hydrogen-bond donors (Lipinski definition) is 2. The first-order chi connectivity index (χ1) is 14.5. The van der Waals surface area contributed by atoms with E-state index in [0.29, 0.717) is 16.9 Å². The molecule has 0 bridgehead atoms. The highest BCUT2D eigenvalue weighted by molar-refractivity contribution is 6.03. The molecule has 1 aromatic carbocycles. The van der Waals surface area contributed by atoms with Crippen LogP contribution in [0.5, 0.6) is 0 Å². The number of aliphatic hydroxyl groups is 1. The molecule has 1 aliphatic rings. The van der Waals surface area contributed by atoms with Crippen LogP contribution < -0.4 is 5.32 Å². The fraction of sp³-hybridized carbons (Fsp3) is 0.292. The normalized spacial score (nSPS) is 21.2. The minimum Gasteiger partial charge on any atom is -0.393 e. The molecule has 0 saturated heterocycles. The number of aliphatic hydroxyl groups excluding tert-OH is 1. The van der Waals surface area contributed by atoms with Gasteiger partial charge in [0.15, 0.2) is 0 Å². The van der Waals surface area contributed by atoms with Gasteiger partial charge in [-0.05, 0) is 67.0 Å². The molecular weight excluding hydrogens is 381 g/mol. The van der Waals surface area contributed by atoms with Crippen molar-refractivity contribution in [2.24, 2.45) is 5.92 Å². The Balaban J connectivity index is 1.57. The number of benzene rings is 1. The largest absolute Gasteiger partial charge is 0.393 e. The van der Waals surface area contributed by atoms with Crippen LogP contribution >= 0.6 is 0 Å². The number of hydrogen-bond acceptors (Lipinski definition) is 4. The van der Waals surface area contributed by atoms with Crippen molar-refractivity contribution in [3.8, 4) is 11.3 Å². The van der Waals surface area contributed by atoms with Gasteiger partial charge in [0.1, 0.15) is 11.5 Å². The molecule has 1 amide bonds. The first-order valence-electron chi connectivity index (χ1n) is 10.2. The summed E-state index contributed by atoms with van der Waals surface area (Å²) in [5.74, 6) is -0.295. The third kappa shape index (κ3) is 4.24. The van der Waals surface area contributed by atoms with Crippen LogP contribution in [0, 0.1) is 11.7 Å². The van der Waals surface area contributed by atoms with E-state index < -0.39 is 0 Å². The molecule has 3 atom stereocenters. The van der Waals surface area contributed by atoms with E-state index in [-0.39, 0.29) is 35.4 Å². The van der Waals surface area contributed by atoms with Crippen molar-refractivity contribution in [1.29, 1.82) is 0 Å². The molecule has 4 rings (SSSR count). The Morgan fingerprint density at radius 2 is 1.97 bits per heavy atom. The van der Waals surface area contributed by atoms with Crippen LogP contribution in [0.3, 0.4) is 0 Å². The van der Waals surface area contributed by atoms with Gasteiger partial charge in [0, 0.05) is 11.8 Å². The van der Waals surface area contributed by atoms with E-state index in [1.165, 1.54) is 6.07 Å². The highest BCUT2D eigenvalue weighted by Crippen LogP contribution is 2.38. The van der Waals surface area contributed by atoms with Gasteiger partial charge in [-0.15, -0.1) is 0 Å². The fourth-order valence-corrected chi connectivity index (χ4v) is 4.09. The van der Waals surface area contributed by atoms with Gasteiger partial charge >= 0.3 is 0 Å². The molecule has 30 heavy (non-hydrogen) atoms. The van der Waals surface area contributed by atoms with Crippen molar-refractivity contribution in [1.82, 2.24) is 9.97 Å². The number of pyridine rings is 2. The second kappa shape index (κ2) is 8.71. The number of halogens is 1. The molecule has 3 unspecified atom stereocenters. The van der Waals surface area contributed by atoms with Gasteiger partial charge in [0.25, 0.3) is 5.91 Å². The van der Waals surface area contributed by atoms with Crippen LogP contribution in [-0.2, 0) is 0 Å². The number of nitrogens with one attached hydrogen (secondary N) is 1. The van der Waals surface area contributed by atoms with Gasteiger partial charge in [-0.1, -0.05) is 25.1 Å². The summed E-state index contributed by atoms with van der Waals surface area (Å²) in [6, 6.07) is 13.3. The molecule has 1 saturated carbocycles. The number of nitrogens with zero attached hydrogens (tertiary/aromatic N) is 2. The van der Waals surface area contributed by atoms with Crippen molar-refractivity contribution in [2.45, 2.75) is 38.2 Å². The van der Waals surface area contributed by atoms with Crippen molar-refractivity contribution in [3.63, 3.8) is 0 Å². The van der Waals surface area contributed by atoms with Crippen molar-refractivity contribution >= 4 is 11.6 Å². The summed E-state index contributed by atoms with van der Waals surface area (Å²) in [5.41, 5.74) is 2.63. The smallest absolute Gasteiger partial charge is 0.274 e. The SMILES string of the molecule is CC1CC(c2ccncc2NC(=O)c2cccc(-c3ccccc3F)n2)CCC1O. The van der Waals surface area contributed by atoms with E-state index in [4.69, 9.17) is 0 Å². The summed E-state index contributed by atoms with van der Waals surface area (Å²) in [4.78, 5) is 21.4. The Kier molecular flexibility index (Phi) is 5.86.